The van der Waals surface area contributed by atoms with E-state index in [0.717, 1.165) is 5.56 Å². The molecule has 0 saturated heterocycles. The predicted molar refractivity (Wildman–Crippen MR) is 116 cm³/mol. The normalized spacial score (nSPS) is 15.9. The zero-order valence-electron chi connectivity index (χ0n) is 17.6. The third kappa shape index (κ3) is 4.66. The number of amides is 2. The van der Waals surface area contributed by atoms with Crippen molar-refractivity contribution in [3.8, 4) is 5.75 Å². The molecular weight excluding hydrogens is 396 g/mol. The van der Waals surface area contributed by atoms with E-state index in [1.807, 2.05) is 37.3 Å². The van der Waals surface area contributed by atoms with Gasteiger partial charge in [-0.05, 0) is 43.2 Å². The van der Waals surface area contributed by atoms with E-state index in [0.29, 0.717) is 17.0 Å². The number of nitrogens with zero attached hydrogens (tertiary/aromatic N) is 1. The van der Waals surface area contributed by atoms with Crippen LogP contribution in [-0.4, -0.2) is 36.4 Å². The van der Waals surface area contributed by atoms with Crippen LogP contribution in [0.15, 0.2) is 71.4 Å². The maximum absolute atomic E-state index is 13.3. The molecule has 7 heteroatoms. The molecule has 160 valence electrons. The molecular formula is C24H24N2O5. The molecule has 2 aromatic rings. The van der Waals surface area contributed by atoms with Crippen molar-refractivity contribution in [2.24, 2.45) is 5.73 Å². The first-order valence-electron chi connectivity index (χ1n) is 9.74. The van der Waals surface area contributed by atoms with Crippen LogP contribution in [0.2, 0.25) is 0 Å². The highest BCUT2D eigenvalue weighted by atomic mass is 16.5. The van der Waals surface area contributed by atoms with Crippen molar-refractivity contribution in [3.63, 3.8) is 0 Å². The fourth-order valence-electron chi connectivity index (χ4n) is 3.53. The van der Waals surface area contributed by atoms with Gasteiger partial charge in [0.25, 0.3) is 11.8 Å². The third-order valence-electron chi connectivity index (χ3n) is 5.07. The molecule has 2 amide bonds. The van der Waals surface area contributed by atoms with Gasteiger partial charge in [-0.2, -0.15) is 0 Å². The van der Waals surface area contributed by atoms with Crippen molar-refractivity contribution in [1.29, 1.82) is 0 Å². The second-order valence-electron chi connectivity index (χ2n) is 7.10. The standard InChI is InChI=1S/C24H24N2O5/c1-15(18-7-5-4-6-8-18)26-16(2)22(24(29)30-3)20(23(26)28)13-17-9-11-19(12-10-17)31-14-21(25)27/h4-13,15H,14H2,1-3H3,(H2,25,27)/b20-13-/t15-/m1/s1. The number of benzene rings is 2. The minimum absolute atomic E-state index is 0.223. The van der Waals surface area contributed by atoms with Crippen LogP contribution in [-0.2, 0) is 19.1 Å². The lowest BCUT2D eigenvalue weighted by atomic mass is 10.0. The lowest BCUT2D eigenvalue weighted by molar-refractivity contribution is -0.136. The second-order valence-corrected chi connectivity index (χ2v) is 7.10. The highest BCUT2D eigenvalue weighted by molar-refractivity contribution is 6.16. The molecule has 0 aromatic heterocycles. The van der Waals surface area contributed by atoms with Crippen LogP contribution in [0, 0.1) is 0 Å². The Labute approximate surface area is 180 Å². The summed E-state index contributed by atoms with van der Waals surface area (Å²) < 4.78 is 10.2. The number of carbonyl (C=O) groups excluding carboxylic acids is 3. The van der Waals surface area contributed by atoms with E-state index in [4.69, 9.17) is 15.2 Å². The van der Waals surface area contributed by atoms with Crippen LogP contribution in [0.4, 0.5) is 0 Å². The molecule has 0 radical (unpaired) electrons. The molecule has 2 N–H and O–H groups in total. The first-order valence-corrected chi connectivity index (χ1v) is 9.74. The molecule has 0 spiro atoms. The summed E-state index contributed by atoms with van der Waals surface area (Å²) in [5.41, 5.74) is 7.77. The molecule has 0 unspecified atom stereocenters. The number of allylic oxidation sites excluding steroid dienone is 1. The van der Waals surface area contributed by atoms with Crippen molar-refractivity contribution in [2.75, 3.05) is 13.7 Å². The number of hydrogen-bond acceptors (Lipinski definition) is 5. The van der Waals surface area contributed by atoms with Gasteiger partial charge in [-0.15, -0.1) is 0 Å². The van der Waals surface area contributed by atoms with Crippen molar-refractivity contribution in [1.82, 2.24) is 4.90 Å². The van der Waals surface area contributed by atoms with Crippen LogP contribution in [0.25, 0.3) is 6.08 Å². The summed E-state index contributed by atoms with van der Waals surface area (Å²) in [7, 11) is 1.29. The molecule has 0 aliphatic carbocycles. The van der Waals surface area contributed by atoms with Crippen LogP contribution in [0.3, 0.4) is 0 Å². The summed E-state index contributed by atoms with van der Waals surface area (Å²) in [6.07, 6.45) is 1.65. The third-order valence-corrected chi connectivity index (χ3v) is 5.07. The van der Waals surface area contributed by atoms with E-state index in [1.165, 1.54) is 7.11 Å². The SMILES string of the molecule is COC(=O)C1=C(C)N([C@H](C)c2ccccc2)C(=O)/C1=C\c1ccc(OCC(N)=O)cc1. The van der Waals surface area contributed by atoms with E-state index in [2.05, 4.69) is 0 Å². The van der Waals surface area contributed by atoms with Crippen LogP contribution < -0.4 is 10.5 Å². The van der Waals surface area contributed by atoms with E-state index < -0.39 is 11.9 Å². The Morgan fingerprint density at radius 1 is 1.10 bits per heavy atom. The van der Waals surface area contributed by atoms with Crippen LogP contribution in [0.5, 0.6) is 5.75 Å². The lowest BCUT2D eigenvalue weighted by Crippen LogP contribution is -2.28. The van der Waals surface area contributed by atoms with Gasteiger partial charge >= 0.3 is 5.97 Å². The molecule has 31 heavy (non-hydrogen) atoms. The van der Waals surface area contributed by atoms with Crippen molar-refractivity contribution >= 4 is 23.9 Å². The zero-order chi connectivity index (χ0) is 22.5. The van der Waals surface area contributed by atoms with Crippen molar-refractivity contribution in [3.05, 3.63) is 82.6 Å². The van der Waals surface area contributed by atoms with Gasteiger partial charge < -0.3 is 20.1 Å². The van der Waals surface area contributed by atoms with Gasteiger partial charge in [-0.25, -0.2) is 4.79 Å². The largest absolute Gasteiger partial charge is 0.484 e. The Balaban J connectivity index is 1.96. The maximum Gasteiger partial charge on any atom is 0.340 e. The van der Waals surface area contributed by atoms with E-state index in [-0.39, 0.29) is 29.7 Å². The van der Waals surface area contributed by atoms with E-state index in [1.54, 1.807) is 42.2 Å². The summed E-state index contributed by atoms with van der Waals surface area (Å²) in [6, 6.07) is 16.1. The Kier molecular flexibility index (Phi) is 6.55. The van der Waals surface area contributed by atoms with Crippen molar-refractivity contribution < 1.29 is 23.9 Å². The van der Waals surface area contributed by atoms with Gasteiger partial charge in [-0.3, -0.25) is 9.59 Å². The number of nitrogens with two attached hydrogens (primary N) is 1. The summed E-state index contributed by atoms with van der Waals surface area (Å²) in [6.45, 7) is 3.43. The minimum atomic E-state index is -0.571. The van der Waals surface area contributed by atoms with Gasteiger partial charge in [0.2, 0.25) is 0 Å². The lowest BCUT2D eigenvalue weighted by Gasteiger charge is -2.26. The quantitative estimate of drug-likeness (QED) is 0.548. The molecule has 0 saturated carbocycles. The van der Waals surface area contributed by atoms with Crippen LogP contribution >= 0.6 is 0 Å². The molecule has 1 aliphatic rings. The van der Waals surface area contributed by atoms with Gasteiger partial charge in [0.05, 0.1) is 24.3 Å². The molecule has 1 aliphatic heterocycles. The van der Waals surface area contributed by atoms with Crippen molar-refractivity contribution in [2.45, 2.75) is 19.9 Å². The van der Waals surface area contributed by atoms with Gasteiger partial charge in [0, 0.05) is 5.70 Å². The summed E-state index contributed by atoms with van der Waals surface area (Å²) in [4.78, 5) is 38.3. The van der Waals surface area contributed by atoms with Crippen LogP contribution in [0.1, 0.15) is 31.0 Å². The summed E-state index contributed by atoms with van der Waals surface area (Å²) in [5.74, 6) is -0.943. The summed E-state index contributed by atoms with van der Waals surface area (Å²) in [5, 5.41) is 0. The smallest absolute Gasteiger partial charge is 0.340 e. The van der Waals surface area contributed by atoms with Gasteiger partial charge in [-0.1, -0.05) is 42.5 Å². The zero-order valence-corrected chi connectivity index (χ0v) is 17.6. The summed E-state index contributed by atoms with van der Waals surface area (Å²) >= 11 is 0. The molecule has 0 bridgehead atoms. The topological polar surface area (TPSA) is 98.9 Å². The highest BCUT2D eigenvalue weighted by Gasteiger charge is 2.39. The first-order chi connectivity index (χ1) is 14.8. The molecule has 3 rings (SSSR count). The molecule has 7 nitrogen and oxygen atoms in total. The maximum atomic E-state index is 13.3. The predicted octanol–water partition coefficient (Wildman–Crippen LogP) is 2.98. The number of ether oxygens (including phenoxy) is 2. The average Bonchev–Trinajstić information content (AvgIpc) is 3.02. The number of carbonyl (C=O) groups is 3. The number of rotatable bonds is 7. The number of primary amides is 1. The fourth-order valence-corrected chi connectivity index (χ4v) is 3.53. The molecule has 0 fully saturated rings. The number of esters is 1. The number of hydrogen-bond donors (Lipinski definition) is 1. The van der Waals surface area contributed by atoms with Gasteiger partial charge in [0.15, 0.2) is 6.61 Å². The minimum Gasteiger partial charge on any atom is -0.484 e. The molecule has 1 atom stereocenters. The Bertz CT molecular complexity index is 1060. The van der Waals surface area contributed by atoms with E-state index in [9.17, 15) is 14.4 Å². The number of methoxy groups -OCH3 is 1. The average molecular weight is 420 g/mol. The molecule has 2 aromatic carbocycles. The first kappa shape index (κ1) is 21.8. The monoisotopic (exact) mass is 420 g/mol. The Morgan fingerprint density at radius 2 is 1.74 bits per heavy atom. The molecule has 1 heterocycles. The Hall–Kier alpha value is -3.87. The Morgan fingerprint density at radius 3 is 2.32 bits per heavy atom. The highest BCUT2D eigenvalue weighted by Crippen LogP contribution is 2.37. The van der Waals surface area contributed by atoms with E-state index >= 15 is 0 Å². The van der Waals surface area contributed by atoms with Gasteiger partial charge in [0.1, 0.15) is 5.75 Å². The second kappa shape index (κ2) is 9.30. The fraction of sp³-hybridized carbons (Fsp3) is 0.208.